The molecule has 0 bridgehead atoms. The van der Waals surface area contributed by atoms with Gasteiger partial charge in [-0.3, -0.25) is 4.79 Å². The third kappa shape index (κ3) is 4.78. The molecule has 1 heterocycles. The molecule has 34 heavy (non-hydrogen) atoms. The van der Waals surface area contributed by atoms with Gasteiger partial charge in [0.15, 0.2) is 0 Å². The molecule has 0 atom stereocenters. The summed E-state index contributed by atoms with van der Waals surface area (Å²) < 4.78 is 44.1. The second-order valence-corrected chi connectivity index (χ2v) is 7.60. The van der Waals surface area contributed by atoms with Crippen LogP contribution in [0.25, 0.3) is 27.7 Å². The molecule has 0 saturated heterocycles. The molecule has 4 aromatic rings. The molecular formula is C27H23F2NO4. The summed E-state index contributed by atoms with van der Waals surface area (Å²) in [6.07, 6.45) is 2.99. The van der Waals surface area contributed by atoms with Crippen molar-refractivity contribution < 1.29 is 27.5 Å². The van der Waals surface area contributed by atoms with Crippen LogP contribution >= 0.6 is 0 Å². The molecule has 174 valence electrons. The first-order valence-electron chi connectivity index (χ1n) is 10.7. The van der Waals surface area contributed by atoms with Gasteiger partial charge in [0.2, 0.25) is 5.91 Å². The minimum atomic E-state index is -0.722. The van der Waals surface area contributed by atoms with Gasteiger partial charge in [-0.15, -0.1) is 0 Å². The van der Waals surface area contributed by atoms with Crippen LogP contribution in [0.4, 0.5) is 14.5 Å². The van der Waals surface area contributed by atoms with E-state index in [2.05, 4.69) is 5.32 Å². The third-order valence-corrected chi connectivity index (χ3v) is 5.34. The highest BCUT2D eigenvalue weighted by molar-refractivity contribution is 6.05. The summed E-state index contributed by atoms with van der Waals surface area (Å²) in [5.41, 5.74) is 3.49. The van der Waals surface area contributed by atoms with E-state index < -0.39 is 17.5 Å². The number of amides is 1. The summed E-state index contributed by atoms with van der Waals surface area (Å²) in [5, 5.41) is 3.22. The summed E-state index contributed by atoms with van der Waals surface area (Å²) in [4.78, 5) is 12.5. The largest absolute Gasteiger partial charge is 0.497 e. The number of hydrogen-bond donors (Lipinski definition) is 1. The summed E-state index contributed by atoms with van der Waals surface area (Å²) in [7, 11) is 1.61. The van der Waals surface area contributed by atoms with Crippen LogP contribution in [0, 0.1) is 11.6 Å². The van der Waals surface area contributed by atoms with Crippen LogP contribution in [-0.2, 0) is 4.79 Å². The van der Waals surface area contributed by atoms with Crippen LogP contribution in [-0.4, -0.2) is 19.6 Å². The summed E-state index contributed by atoms with van der Waals surface area (Å²) in [6, 6.07) is 14.2. The van der Waals surface area contributed by atoms with Crippen LogP contribution in [0.15, 0.2) is 71.4 Å². The number of methoxy groups -OCH3 is 1. The van der Waals surface area contributed by atoms with Gasteiger partial charge in [-0.1, -0.05) is 12.1 Å². The number of fused-ring (bicyclic) bond motifs is 1. The number of furan rings is 1. The van der Waals surface area contributed by atoms with Crippen molar-refractivity contribution in [3.8, 4) is 22.6 Å². The Hall–Kier alpha value is -4.13. The Morgan fingerprint density at radius 3 is 2.56 bits per heavy atom. The minimum Gasteiger partial charge on any atom is -0.497 e. The van der Waals surface area contributed by atoms with Gasteiger partial charge in [-0.2, -0.15) is 0 Å². The summed E-state index contributed by atoms with van der Waals surface area (Å²) >= 11 is 0. The van der Waals surface area contributed by atoms with E-state index in [0.29, 0.717) is 29.1 Å². The number of halogens is 2. The van der Waals surface area contributed by atoms with Gasteiger partial charge in [0.25, 0.3) is 0 Å². The standard InChI is InChI=1S/C27H23F2NO4/c1-4-33-25-14-26-21(22(15-34-26)17-5-8-19(32-3)9-6-17)13-20(25)16(2)11-27(31)30-24-12-18(28)7-10-23(24)29/h5-15H,4H2,1-3H3,(H,30,31)/b16-11+. The number of ether oxygens (including phenoxy) is 2. The molecule has 1 N–H and O–H groups in total. The number of carbonyl (C=O) groups excluding carboxylic acids is 1. The first-order chi connectivity index (χ1) is 16.4. The predicted octanol–water partition coefficient (Wildman–Crippen LogP) is 6.83. The molecule has 1 amide bonds. The van der Waals surface area contributed by atoms with Crippen molar-refractivity contribution in [2.24, 2.45) is 0 Å². The number of anilines is 1. The average Bonchev–Trinajstić information content (AvgIpc) is 3.24. The maximum absolute atomic E-state index is 13.9. The van der Waals surface area contributed by atoms with Crippen molar-refractivity contribution in [3.05, 3.63) is 84.1 Å². The molecule has 0 radical (unpaired) electrons. The van der Waals surface area contributed by atoms with Crippen molar-refractivity contribution >= 4 is 28.1 Å². The van der Waals surface area contributed by atoms with Gasteiger partial charge in [0, 0.05) is 34.7 Å². The van der Waals surface area contributed by atoms with Crippen molar-refractivity contribution in [1.29, 1.82) is 0 Å². The Bertz CT molecular complexity index is 1370. The van der Waals surface area contributed by atoms with Crippen molar-refractivity contribution in [3.63, 3.8) is 0 Å². The fourth-order valence-electron chi connectivity index (χ4n) is 3.67. The van der Waals surface area contributed by atoms with Crippen molar-refractivity contribution in [2.45, 2.75) is 13.8 Å². The Kier molecular flexibility index (Phi) is 6.63. The van der Waals surface area contributed by atoms with E-state index in [1.807, 2.05) is 37.3 Å². The van der Waals surface area contributed by atoms with Gasteiger partial charge in [0.05, 0.1) is 25.7 Å². The first-order valence-corrected chi connectivity index (χ1v) is 10.7. The van der Waals surface area contributed by atoms with Gasteiger partial charge >= 0.3 is 0 Å². The molecule has 4 rings (SSSR count). The number of rotatable bonds is 7. The van der Waals surface area contributed by atoms with Crippen LogP contribution in [0.1, 0.15) is 19.4 Å². The lowest BCUT2D eigenvalue weighted by molar-refractivity contribution is -0.111. The quantitative estimate of drug-likeness (QED) is 0.305. The molecule has 0 unspecified atom stereocenters. The molecule has 0 saturated carbocycles. The molecule has 5 nitrogen and oxygen atoms in total. The number of hydrogen-bond acceptors (Lipinski definition) is 4. The molecule has 0 aliphatic carbocycles. The number of allylic oxidation sites excluding steroid dienone is 1. The lowest BCUT2D eigenvalue weighted by atomic mass is 9.99. The Balaban J connectivity index is 1.72. The fourth-order valence-corrected chi connectivity index (χ4v) is 3.67. The fraction of sp³-hybridized carbons (Fsp3) is 0.148. The maximum Gasteiger partial charge on any atom is 0.248 e. The van der Waals surface area contributed by atoms with Gasteiger partial charge < -0.3 is 19.2 Å². The third-order valence-electron chi connectivity index (χ3n) is 5.34. The maximum atomic E-state index is 13.9. The minimum absolute atomic E-state index is 0.230. The van der Waals surface area contributed by atoms with Crippen LogP contribution < -0.4 is 14.8 Å². The lowest BCUT2D eigenvalue weighted by Gasteiger charge is -2.12. The lowest BCUT2D eigenvalue weighted by Crippen LogP contribution is -2.10. The second kappa shape index (κ2) is 9.79. The van der Waals surface area contributed by atoms with E-state index in [-0.39, 0.29) is 5.69 Å². The zero-order chi connectivity index (χ0) is 24.2. The normalized spacial score (nSPS) is 11.5. The zero-order valence-corrected chi connectivity index (χ0v) is 18.9. The van der Waals surface area contributed by atoms with Gasteiger partial charge in [0.1, 0.15) is 28.7 Å². The monoisotopic (exact) mass is 463 g/mol. The van der Waals surface area contributed by atoms with Crippen LogP contribution in [0.2, 0.25) is 0 Å². The molecule has 0 aliphatic heterocycles. The number of benzene rings is 3. The van der Waals surface area contributed by atoms with Crippen molar-refractivity contribution in [1.82, 2.24) is 0 Å². The van der Waals surface area contributed by atoms with Crippen LogP contribution in [0.5, 0.6) is 11.5 Å². The predicted molar refractivity (Wildman–Crippen MR) is 128 cm³/mol. The SMILES string of the molecule is CCOc1cc2occ(-c3ccc(OC)cc3)c2cc1/C(C)=C/C(=O)Nc1cc(F)ccc1F. The van der Waals surface area contributed by atoms with E-state index in [1.54, 1.807) is 26.4 Å². The Morgan fingerprint density at radius 2 is 1.85 bits per heavy atom. The Labute approximate surface area is 195 Å². The highest BCUT2D eigenvalue weighted by Crippen LogP contribution is 2.38. The second-order valence-electron chi connectivity index (χ2n) is 7.60. The first kappa shape index (κ1) is 23.0. The smallest absolute Gasteiger partial charge is 0.248 e. The molecule has 0 aliphatic rings. The average molecular weight is 463 g/mol. The molecular weight excluding hydrogens is 440 g/mol. The van der Waals surface area contributed by atoms with Crippen molar-refractivity contribution in [2.75, 3.05) is 19.0 Å². The molecule has 1 aromatic heterocycles. The molecule has 7 heteroatoms. The van der Waals surface area contributed by atoms with E-state index >= 15 is 0 Å². The summed E-state index contributed by atoms with van der Waals surface area (Å²) in [5.74, 6) is -0.668. The number of carbonyl (C=O) groups is 1. The highest BCUT2D eigenvalue weighted by Gasteiger charge is 2.16. The van der Waals surface area contributed by atoms with Gasteiger partial charge in [-0.05, 0) is 55.3 Å². The highest BCUT2D eigenvalue weighted by atomic mass is 19.1. The zero-order valence-electron chi connectivity index (χ0n) is 18.9. The molecule has 0 spiro atoms. The topological polar surface area (TPSA) is 60.7 Å². The van der Waals surface area contributed by atoms with Crippen LogP contribution in [0.3, 0.4) is 0 Å². The molecule has 3 aromatic carbocycles. The van der Waals surface area contributed by atoms with E-state index in [4.69, 9.17) is 13.9 Å². The van der Waals surface area contributed by atoms with E-state index in [1.165, 1.54) is 6.08 Å². The van der Waals surface area contributed by atoms with E-state index in [0.717, 1.165) is 40.5 Å². The van der Waals surface area contributed by atoms with Gasteiger partial charge in [-0.25, -0.2) is 8.78 Å². The molecule has 0 fully saturated rings. The Morgan fingerprint density at radius 1 is 1.09 bits per heavy atom. The summed E-state index contributed by atoms with van der Waals surface area (Å²) in [6.45, 7) is 4.02. The number of nitrogens with one attached hydrogen (secondary N) is 1. The van der Waals surface area contributed by atoms with E-state index in [9.17, 15) is 13.6 Å².